The molecule has 0 aromatic heterocycles. The molecule has 16 heavy (non-hydrogen) atoms. The largest absolute Gasteiger partial charge is 0.466 e. The van der Waals surface area contributed by atoms with Gasteiger partial charge in [-0.15, -0.1) is 0 Å². The van der Waals surface area contributed by atoms with E-state index in [1.807, 2.05) is 0 Å². The monoisotopic (exact) mass is 228 g/mol. The summed E-state index contributed by atoms with van der Waals surface area (Å²) in [5.74, 6) is 0. The van der Waals surface area contributed by atoms with Gasteiger partial charge in [-0.05, 0) is 6.42 Å². The second-order valence-corrected chi connectivity index (χ2v) is 4.39. The Bertz CT molecular complexity index is 160. The van der Waals surface area contributed by atoms with E-state index >= 15 is 0 Å². The van der Waals surface area contributed by atoms with Crippen LogP contribution in [0.25, 0.3) is 0 Å². The van der Waals surface area contributed by atoms with Gasteiger partial charge in [0.15, 0.2) is 0 Å². The molecule has 0 aliphatic rings. The Morgan fingerprint density at radius 1 is 0.875 bits per heavy atom. The fourth-order valence-corrected chi connectivity index (χ4v) is 1.77. The molecule has 0 aromatic rings. The van der Waals surface area contributed by atoms with Crippen LogP contribution in [0.3, 0.4) is 0 Å². The summed E-state index contributed by atoms with van der Waals surface area (Å²) in [6, 6.07) is -0.157. The van der Waals surface area contributed by atoms with Crippen molar-refractivity contribution in [1.82, 2.24) is 0 Å². The summed E-state index contributed by atoms with van der Waals surface area (Å²) in [5, 5.41) is 6.88. The predicted molar refractivity (Wildman–Crippen MR) is 69.7 cm³/mol. The number of rotatable bonds is 11. The lowest BCUT2D eigenvalue weighted by atomic mass is 10.1. The van der Waals surface area contributed by atoms with Crippen LogP contribution in [0.4, 0.5) is 0 Å². The van der Waals surface area contributed by atoms with Crippen LogP contribution < -0.4 is 5.73 Å². The maximum atomic E-state index is 6.88. The Balaban J connectivity index is 2.90. The first kappa shape index (κ1) is 15.3. The Morgan fingerprint density at radius 3 is 1.75 bits per heavy atom. The van der Waals surface area contributed by atoms with Gasteiger partial charge in [-0.3, -0.25) is 5.41 Å². The van der Waals surface area contributed by atoms with E-state index in [-0.39, 0.29) is 6.02 Å². The second-order valence-electron chi connectivity index (χ2n) is 4.39. The number of nitrogens with one attached hydrogen (secondary N) is 1. The summed E-state index contributed by atoms with van der Waals surface area (Å²) in [7, 11) is 0. The molecule has 0 bridgehead atoms. The van der Waals surface area contributed by atoms with E-state index in [4.69, 9.17) is 15.9 Å². The predicted octanol–water partition coefficient (Wildman–Crippen LogP) is 3.82. The number of hydrogen-bond donors (Lipinski definition) is 2. The van der Waals surface area contributed by atoms with Crippen molar-refractivity contribution in [1.29, 1.82) is 5.41 Å². The Labute approximate surface area is 100 Å². The summed E-state index contributed by atoms with van der Waals surface area (Å²) in [6.45, 7) is 2.86. The highest BCUT2D eigenvalue weighted by Gasteiger charge is 1.93. The van der Waals surface area contributed by atoms with Crippen LogP contribution in [0.2, 0.25) is 0 Å². The first-order valence-corrected chi connectivity index (χ1v) is 6.74. The van der Waals surface area contributed by atoms with Crippen LogP contribution in [0.5, 0.6) is 0 Å². The zero-order valence-electron chi connectivity index (χ0n) is 10.8. The summed E-state index contributed by atoms with van der Waals surface area (Å²) >= 11 is 0. The zero-order valence-corrected chi connectivity index (χ0v) is 10.8. The van der Waals surface area contributed by atoms with Gasteiger partial charge in [-0.1, -0.05) is 64.7 Å². The third-order valence-electron chi connectivity index (χ3n) is 2.76. The van der Waals surface area contributed by atoms with Crippen LogP contribution in [-0.4, -0.2) is 12.6 Å². The van der Waals surface area contributed by atoms with Crippen LogP contribution >= 0.6 is 0 Å². The normalized spacial score (nSPS) is 10.3. The number of ether oxygens (including phenoxy) is 1. The smallest absolute Gasteiger partial charge is 0.278 e. The van der Waals surface area contributed by atoms with Gasteiger partial charge in [-0.25, -0.2) is 0 Å². The number of hydrogen-bond acceptors (Lipinski definition) is 2. The van der Waals surface area contributed by atoms with E-state index in [9.17, 15) is 0 Å². The van der Waals surface area contributed by atoms with E-state index < -0.39 is 0 Å². The molecule has 0 amide bonds. The van der Waals surface area contributed by atoms with Gasteiger partial charge in [0, 0.05) is 0 Å². The van der Waals surface area contributed by atoms with Crippen molar-refractivity contribution in [2.45, 2.75) is 71.1 Å². The molecule has 0 atom stereocenters. The molecule has 0 heterocycles. The van der Waals surface area contributed by atoms with Crippen LogP contribution in [0, 0.1) is 5.41 Å². The maximum absolute atomic E-state index is 6.88. The average molecular weight is 228 g/mol. The van der Waals surface area contributed by atoms with Gasteiger partial charge in [0.1, 0.15) is 0 Å². The molecular formula is C13H28N2O. The summed E-state index contributed by atoms with van der Waals surface area (Å²) in [5.41, 5.74) is 5.07. The Kier molecular flexibility index (Phi) is 11.8. The van der Waals surface area contributed by atoms with Gasteiger partial charge < -0.3 is 10.5 Å². The van der Waals surface area contributed by atoms with Gasteiger partial charge in [0.05, 0.1) is 6.61 Å². The fraction of sp³-hybridized carbons (Fsp3) is 0.923. The molecule has 0 saturated heterocycles. The number of nitrogens with two attached hydrogens (primary N) is 1. The molecule has 0 aliphatic heterocycles. The van der Waals surface area contributed by atoms with E-state index in [0.29, 0.717) is 6.61 Å². The molecule has 0 rings (SSSR count). The van der Waals surface area contributed by atoms with Crippen LogP contribution in [-0.2, 0) is 4.74 Å². The summed E-state index contributed by atoms with van der Waals surface area (Å²) in [6.07, 6.45) is 13.1. The van der Waals surface area contributed by atoms with Crippen molar-refractivity contribution in [2.24, 2.45) is 5.73 Å². The first-order chi connectivity index (χ1) is 7.77. The first-order valence-electron chi connectivity index (χ1n) is 6.74. The quantitative estimate of drug-likeness (QED) is 0.321. The average Bonchev–Trinajstić information content (AvgIpc) is 2.25. The number of amidine groups is 1. The van der Waals surface area contributed by atoms with Crippen molar-refractivity contribution < 1.29 is 4.74 Å². The van der Waals surface area contributed by atoms with Crippen LogP contribution in [0.15, 0.2) is 0 Å². The third-order valence-corrected chi connectivity index (χ3v) is 2.76. The maximum Gasteiger partial charge on any atom is 0.278 e. The fourth-order valence-electron chi connectivity index (χ4n) is 1.77. The van der Waals surface area contributed by atoms with Crippen molar-refractivity contribution in [3.8, 4) is 0 Å². The summed E-state index contributed by atoms with van der Waals surface area (Å²) in [4.78, 5) is 0. The van der Waals surface area contributed by atoms with Gasteiger partial charge in [0.25, 0.3) is 6.02 Å². The lowest BCUT2D eigenvalue weighted by Crippen LogP contribution is -2.14. The van der Waals surface area contributed by atoms with E-state index in [1.54, 1.807) is 0 Å². The van der Waals surface area contributed by atoms with Crippen molar-refractivity contribution >= 4 is 6.02 Å². The molecule has 0 fully saturated rings. The molecule has 96 valence electrons. The minimum absolute atomic E-state index is 0.157. The lowest BCUT2D eigenvalue weighted by molar-refractivity contribution is 0.285. The molecule has 0 radical (unpaired) electrons. The van der Waals surface area contributed by atoms with Crippen LogP contribution in [0.1, 0.15) is 71.1 Å². The standard InChI is InChI=1S/C13H28N2O/c1-2-3-4-5-6-7-8-9-10-11-12-16-13(14)15/h2-12H2,1H3,(H3,14,15). The third kappa shape index (κ3) is 13.3. The molecule has 0 aliphatic carbocycles. The molecule has 0 saturated carbocycles. The lowest BCUT2D eigenvalue weighted by Gasteiger charge is -2.03. The minimum atomic E-state index is -0.157. The highest BCUT2D eigenvalue weighted by molar-refractivity contribution is 5.67. The Hall–Kier alpha value is -0.730. The second kappa shape index (κ2) is 12.3. The van der Waals surface area contributed by atoms with E-state index in [1.165, 1.54) is 57.8 Å². The molecule has 3 N–H and O–H groups in total. The molecule has 3 heteroatoms. The van der Waals surface area contributed by atoms with E-state index in [0.717, 1.165) is 6.42 Å². The Morgan fingerprint density at radius 2 is 1.31 bits per heavy atom. The van der Waals surface area contributed by atoms with Crippen molar-refractivity contribution in [2.75, 3.05) is 6.61 Å². The topological polar surface area (TPSA) is 59.1 Å². The molecular weight excluding hydrogens is 200 g/mol. The SMILES string of the molecule is CCCCCCCCCCCCOC(=N)N. The minimum Gasteiger partial charge on any atom is -0.466 e. The van der Waals surface area contributed by atoms with Crippen molar-refractivity contribution in [3.05, 3.63) is 0 Å². The summed E-state index contributed by atoms with van der Waals surface area (Å²) < 4.78 is 4.87. The van der Waals surface area contributed by atoms with Gasteiger partial charge >= 0.3 is 0 Å². The van der Waals surface area contributed by atoms with Crippen molar-refractivity contribution in [3.63, 3.8) is 0 Å². The molecule has 0 unspecified atom stereocenters. The molecule has 0 spiro atoms. The highest BCUT2D eigenvalue weighted by atomic mass is 16.5. The zero-order chi connectivity index (χ0) is 12.1. The molecule has 0 aromatic carbocycles. The van der Waals surface area contributed by atoms with Gasteiger partial charge in [-0.2, -0.15) is 0 Å². The van der Waals surface area contributed by atoms with E-state index in [2.05, 4.69) is 6.92 Å². The molecule has 3 nitrogen and oxygen atoms in total. The highest BCUT2D eigenvalue weighted by Crippen LogP contribution is 2.10. The van der Waals surface area contributed by atoms with Gasteiger partial charge in [0.2, 0.25) is 0 Å². The number of unbranched alkanes of at least 4 members (excludes halogenated alkanes) is 9.